The maximum atomic E-state index is 11.4. The Labute approximate surface area is 236 Å². The smallest absolute Gasteiger partial charge is 0.192 e. The third-order valence-corrected chi connectivity index (χ3v) is 17.7. The fourth-order valence-electron chi connectivity index (χ4n) is 3.98. The molecule has 226 valence electrons. The second-order valence-electron chi connectivity index (χ2n) is 13.8. The molecule has 8 atom stereocenters. The Hall–Kier alpha value is -0.866. The summed E-state index contributed by atoms with van der Waals surface area (Å²) >= 11 is 0. The van der Waals surface area contributed by atoms with Gasteiger partial charge in [-0.2, -0.15) is 0 Å². The molecule has 1 aliphatic rings. The molecule has 0 amide bonds. The minimum atomic E-state index is -2.59. The van der Waals surface area contributed by atoms with Crippen molar-refractivity contribution in [1.29, 1.82) is 0 Å². The molecule has 1 fully saturated rings. The fourth-order valence-corrected chi connectivity index (χ4v) is 6.59. The zero-order chi connectivity index (χ0) is 30.1. The van der Waals surface area contributed by atoms with Gasteiger partial charge in [-0.15, -0.1) is 0 Å². The van der Waals surface area contributed by atoms with Gasteiger partial charge < -0.3 is 43.9 Å². The van der Waals surface area contributed by atoms with Gasteiger partial charge in [-0.1, -0.05) is 53.7 Å². The molecule has 5 N–H and O–H groups in total. The Morgan fingerprint density at radius 1 is 0.615 bits per heavy atom. The molecule has 0 radical (unpaired) electrons. The van der Waals surface area contributed by atoms with Crippen molar-refractivity contribution < 1.29 is 43.9 Å². The molecule has 1 aromatic rings. The highest BCUT2D eigenvalue weighted by molar-refractivity contribution is 6.74. The van der Waals surface area contributed by atoms with Gasteiger partial charge in [0.25, 0.3) is 0 Å². The van der Waals surface area contributed by atoms with Crippen LogP contribution in [-0.2, 0) is 20.2 Å². The van der Waals surface area contributed by atoms with Crippen molar-refractivity contribution in [2.24, 2.45) is 0 Å². The van der Waals surface area contributed by atoms with Crippen LogP contribution in [0.25, 0.3) is 0 Å². The first-order valence-electron chi connectivity index (χ1n) is 13.6. The summed E-state index contributed by atoms with van der Waals surface area (Å²) in [5, 5.41) is 54.8. The molecule has 11 heteroatoms. The quantitative estimate of drug-likeness (QED) is 0.290. The summed E-state index contributed by atoms with van der Waals surface area (Å²) in [7, 11) is -3.59. The Kier molecular flexibility index (Phi) is 11.1. The molecule has 0 aromatic heterocycles. The van der Waals surface area contributed by atoms with Gasteiger partial charge >= 0.3 is 0 Å². The van der Waals surface area contributed by atoms with Crippen molar-refractivity contribution in [2.45, 2.75) is 133 Å². The zero-order valence-corrected chi connectivity index (χ0v) is 27.5. The van der Waals surface area contributed by atoms with Gasteiger partial charge in [-0.05, 0) is 54.0 Å². The molecule has 0 unspecified atom stereocenters. The number of benzene rings is 1. The highest BCUT2D eigenvalue weighted by atomic mass is 28.4. The van der Waals surface area contributed by atoms with E-state index in [0.29, 0.717) is 5.75 Å². The van der Waals surface area contributed by atoms with E-state index in [4.69, 9.17) is 18.3 Å². The van der Waals surface area contributed by atoms with E-state index in [1.54, 1.807) is 19.2 Å². The lowest BCUT2D eigenvalue weighted by Crippen LogP contribution is -2.68. The lowest BCUT2D eigenvalue weighted by atomic mass is 9.85. The first-order valence-corrected chi connectivity index (χ1v) is 19.5. The predicted molar refractivity (Wildman–Crippen MR) is 156 cm³/mol. The molecular weight excluding hydrogens is 536 g/mol. The maximum Gasteiger partial charge on any atom is 0.192 e. The first kappa shape index (κ1) is 34.3. The van der Waals surface area contributed by atoms with Gasteiger partial charge in [-0.3, -0.25) is 0 Å². The van der Waals surface area contributed by atoms with Crippen molar-refractivity contribution in [3.05, 3.63) is 29.8 Å². The minimum absolute atomic E-state index is 0.0529. The van der Waals surface area contributed by atoms with Crippen molar-refractivity contribution in [3.8, 4) is 5.75 Å². The number of rotatable bonds is 8. The van der Waals surface area contributed by atoms with Crippen molar-refractivity contribution >= 4 is 16.6 Å². The summed E-state index contributed by atoms with van der Waals surface area (Å²) in [4.78, 5) is 0. The molecule has 0 bridgehead atoms. The van der Waals surface area contributed by atoms with Gasteiger partial charge in [-0.25, -0.2) is 0 Å². The molecule has 2 rings (SSSR count). The second kappa shape index (κ2) is 12.6. The molecular formula is C28H52O9Si2. The normalized spacial score (nSPS) is 31.5. The van der Waals surface area contributed by atoms with E-state index in [1.807, 2.05) is 38.3 Å². The molecule has 0 saturated heterocycles. The number of aliphatic hydroxyl groups is 5. The van der Waals surface area contributed by atoms with E-state index in [-0.39, 0.29) is 16.7 Å². The standard InChI is InChI=1S/C28H52O9Si2/c1-27(2,3)38(8,9)36-25-23(33)21(31)19(29)20(30)22(32)24(26(25)37-39(10,11)28(4,5)6)35-16-17-12-14-18(34-7)15-13-17/h12-15,19-26,29-33H,16H2,1-11H3/t19-,20+,21-,22+,23-,24-,25-,26-/m1/s1. The summed E-state index contributed by atoms with van der Waals surface area (Å²) < 4.78 is 25.0. The van der Waals surface area contributed by atoms with Crippen LogP contribution < -0.4 is 4.74 Å². The molecule has 0 aliphatic heterocycles. The Morgan fingerprint density at radius 2 is 1.00 bits per heavy atom. The van der Waals surface area contributed by atoms with Crippen LogP contribution in [0.3, 0.4) is 0 Å². The van der Waals surface area contributed by atoms with Gasteiger partial charge in [0.1, 0.15) is 54.6 Å². The molecule has 0 heterocycles. The number of ether oxygens (including phenoxy) is 2. The largest absolute Gasteiger partial charge is 0.497 e. The van der Waals surface area contributed by atoms with Crippen molar-refractivity contribution in [1.82, 2.24) is 0 Å². The molecule has 1 aliphatic carbocycles. The molecule has 1 saturated carbocycles. The van der Waals surface area contributed by atoms with Crippen LogP contribution in [0.2, 0.25) is 36.3 Å². The van der Waals surface area contributed by atoms with Crippen LogP contribution in [0.5, 0.6) is 5.75 Å². The third kappa shape index (κ3) is 7.91. The lowest BCUT2D eigenvalue weighted by molar-refractivity contribution is -0.229. The summed E-state index contributed by atoms with van der Waals surface area (Å²) in [5.41, 5.74) is 0.786. The summed E-state index contributed by atoms with van der Waals surface area (Å²) in [6, 6.07) is 7.23. The van der Waals surface area contributed by atoms with Crippen LogP contribution in [0.4, 0.5) is 0 Å². The number of hydrogen-bond donors (Lipinski definition) is 5. The van der Waals surface area contributed by atoms with Crippen LogP contribution in [0.1, 0.15) is 47.1 Å². The highest BCUT2D eigenvalue weighted by Crippen LogP contribution is 2.43. The summed E-state index contributed by atoms with van der Waals surface area (Å²) in [5.74, 6) is 0.683. The maximum absolute atomic E-state index is 11.4. The lowest BCUT2D eigenvalue weighted by Gasteiger charge is -2.51. The molecule has 9 nitrogen and oxygen atoms in total. The van der Waals surface area contributed by atoms with Crippen LogP contribution in [-0.4, -0.2) is 98.1 Å². The van der Waals surface area contributed by atoms with Crippen LogP contribution >= 0.6 is 0 Å². The van der Waals surface area contributed by atoms with Crippen molar-refractivity contribution in [2.75, 3.05) is 7.11 Å². The van der Waals surface area contributed by atoms with Crippen LogP contribution in [0, 0.1) is 0 Å². The van der Waals surface area contributed by atoms with Gasteiger partial charge in [0.2, 0.25) is 0 Å². The summed E-state index contributed by atoms with van der Waals surface area (Å²) in [6.07, 6.45) is -12.1. The monoisotopic (exact) mass is 588 g/mol. The number of hydrogen-bond acceptors (Lipinski definition) is 9. The summed E-state index contributed by atoms with van der Waals surface area (Å²) in [6.45, 7) is 20.5. The van der Waals surface area contributed by atoms with Gasteiger partial charge in [0.05, 0.1) is 13.7 Å². The fraction of sp³-hybridized carbons (Fsp3) is 0.786. The van der Waals surface area contributed by atoms with Gasteiger partial charge in [0, 0.05) is 0 Å². The average molecular weight is 589 g/mol. The van der Waals surface area contributed by atoms with Crippen molar-refractivity contribution in [3.63, 3.8) is 0 Å². The average Bonchev–Trinajstić information content (AvgIpc) is 2.83. The molecule has 1 aromatic carbocycles. The number of methoxy groups -OCH3 is 1. The molecule has 39 heavy (non-hydrogen) atoms. The predicted octanol–water partition coefficient (Wildman–Crippen LogP) is 3.18. The SMILES string of the molecule is COc1ccc(CO[C@@H]2[C@@H](O)[C@@H](O)[C@@H](O)[C@@H](O)[C@@H](O)[C@@H](O[Si](C)(C)C(C)(C)C)[C@@H]2O[Si](C)(C)C(C)(C)C)cc1. The first-order chi connectivity index (χ1) is 17.6. The van der Waals surface area contributed by atoms with Gasteiger partial charge in [0.15, 0.2) is 16.6 Å². The van der Waals surface area contributed by atoms with E-state index >= 15 is 0 Å². The van der Waals surface area contributed by atoms with E-state index in [1.165, 1.54) is 0 Å². The Bertz CT molecular complexity index is 911. The topological polar surface area (TPSA) is 138 Å². The van der Waals surface area contributed by atoms with E-state index in [9.17, 15) is 25.5 Å². The number of aliphatic hydroxyl groups excluding tert-OH is 5. The van der Waals surface area contributed by atoms with Crippen LogP contribution in [0.15, 0.2) is 24.3 Å². The minimum Gasteiger partial charge on any atom is -0.497 e. The van der Waals surface area contributed by atoms with E-state index in [0.717, 1.165) is 5.56 Å². The van der Waals surface area contributed by atoms with E-state index in [2.05, 4.69) is 41.5 Å². The van der Waals surface area contributed by atoms with E-state index < -0.39 is 65.5 Å². The Morgan fingerprint density at radius 3 is 1.41 bits per heavy atom. The molecule has 0 spiro atoms. The second-order valence-corrected chi connectivity index (χ2v) is 23.3. The Balaban J connectivity index is 2.65. The highest BCUT2D eigenvalue weighted by Gasteiger charge is 2.55. The zero-order valence-electron chi connectivity index (χ0n) is 25.5. The third-order valence-electron chi connectivity index (χ3n) is 8.80.